The summed E-state index contributed by atoms with van der Waals surface area (Å²) in [6.07, 6.45) is 15.4. The second-order valence-corrected chi connectivity index (χ2v) is 8.82. The van der Waals surface area contributed by atoms with E-state index in [0.29, 0.717) is 30.5 Å². The van der Waals surface area contributed by atoms with Crippen molar-refractivity contribution in [2.45, 2.75) is 70.4 Å². The van der Waals surface area contributed by atoms with Crippen LogP contribution in [-0.4, -0.2) is 36.6 Å². The Morgan fingerprint density at radius 2 is 1.88 bits per heavy atom. The van der Waals surface area contributed by atoms with Gasteiger partial charge in [0.2, 0.25) is 0 Å². The Hall–Kier alpha value is -0.830. The number of ether oxygens (including phenoxy) is 1. The van der Waals surface area contributed by atoms with Crippen molar-refractivity contribution in [3.05, 3.63) is 12.2 Å². The van der Waals surface area contributed by atoms with E-state index in [-0.39, 0.29) is 11.9 Å². The van der Waals surface area contributed by atoms with Crippen LogP contribution in [0.4, 0.5) is 0 Å². The van der Waals surface area contributed by atoms with E-state index in [1.807, 2.05) is 0 Å². The predicted octanol–water partition coefficient (Wildman–Crippen LogP) is 4.03. The Kier molecular flexibility index (Phi) is 4.73. The molecule has 0 aromatic carbocycles. The van der Waals surface area contributed by atoms with Gasteiger partial charge in [0.1, 0.15) is 0 Å². The maximum Gasteiger partial charge on any atom is 0.309 e. The summed E-state index contributed by atoms with van der Waals surface area (Å²) in [5.74, 6) is 2.82. The molecule has 2 aliphatic carbocycles. The summed E-state index contributed by atoms with van der Waals surface area (Å²) in [5, 5.41) is 0. The van der Waals surface area contributed by atoms with Crippen LogP contribution in [0.5, 0.6) is 0 Å². The molecule has 0 unspecified atom stereocenters. The van der Waals surface area contributed by atoms with Crippen molar-refractivity contribution in [2.75, 3.05) is 13.7 Å². The van der Waals surface area contributed by atoms with Crippen molar-refractivity contribution in [3.63, 3.8) is 0 Å². The molecule has 2 saturated carbocycles. The highest BCUT2D eigenvalue weighted by Gasteiger charge is 2.50. The summed E-state index contributed by atoms with van der Waals surface area (Å²) in [6, 6.07) is 1.26. The summed E-state index contributed by atoms with van der Waals surface area (Å²) in [6.45, 7) is 3.01. The van der Waals surface area contributed by atoms with Gasteiger partial charge in [-0.3, -0.25) is 9.69 Å². The molecule has 0 radical (unpaired) electrons. The van der Waals surface area contributed by atoms with Crippen LogP contribution in [0.1, 0.15) is 58.3 Å². The summed E-state index contributed by atoms with van der Waals surface area (Å²) in [4.78, 5) is 14.7. The molecule has 134 valence electrons. The van der Waals surface area contributed by atoms with Gasteiger partial charge in [-0.15, -0.1) is 0 Å². The SMILES string of the molecule is C[C@H]1CCC[C@H](/C=C/[C@H]2[C@@H]3CCCC[C@H]3C[C@H]3C(=O)OC[C@@H]23)N1C. The largest absolute Gasteiger partial charge is 0.465 e. The first kappa shape index (κ1) is 16.6. The van der Waals surface area contributed by atoms with E-state index in [9.17, 15) is 4.79 Å². The Morgan fingerprint density at radius 1 is 1.04 bits per heavy atom. The lowest BCUT2D eigenvalue weighted by molar-refractivity contribution is -0.142. The third-order valence-corrected chi connectivity index (χ3v) is 7.65. The third-order valence-electron chi connectivity index (χ3n) is 7.65. The average Bonchev–Trinajstić information content (AvgIpc) is 2.96. The molecule has 0 bridgehead atoms. The number of allylic oxidation sites excluding steroid dienone is 1. The van der Waals surface area contributed by atoms with Crippen LogP contribution in [0.25, 0.3) is 0 Å². The van der Waals surface area contributed by atoms with Gasteiger partial charge in [0.25, 0.3) is 0 Å². The molecule has 0 N–H and O–H groups in total. The smallest absolute Gasteiger partial charge is 0.309 e. The highest BCUT2D eigenvalue weighted by Crippen LogP contribution is 2.51. The molecule has 3 heteroatoms. The number of likely N-dealkylation sites (tertiary alicyclic amines) is 1. The summed E-state index contributed by atoms with van der Waals surface area (Å²) in [7, 11) is 2.27. The summed E-state index contributed by atoms with van der Waals surface area (Å²) < 4.78 is 5.48. The minimum atomic E-state index is 0.0887. The van der Waals surface area contributed by atoms with Gasteiger partial charge in [0.05, 0.1) is 12.5 Å². The van der Waals surface area contributed by atoms with Crippen LogP contribution in [0, 0.1) is 29.6 Å². The fourth-order valence-corrected chi connectivity index (χ4v) is 6.04. The maximum absolute atomic E-state index is 12.2. The third kappa shape index (κ3) is 2.94. The molecular formula is C21H33NO2. The minimum absolute atomic E-state index is 0.0887. The standard InChI is InChI=1S/C21H33NO2/c1-14-6-5-8-16(22(14)2)10-11-18-17-9-4-3-7-15(17)12-19-20(18)13-24-21(19)23/h10-11,14-20H,3-9,12-13H2,1-2H3/b11-10+/t14-,15-,16+,17+,18-,19+,20-/m0/s1. The van der Waals surface area contributed by atoms with Gasteiger partial charge in [-0.2, -0.15) is 0 Å². The maximum atomic E-state index is 12.2. The number of carbonyl (C=O) groups excluding carboxylic acids is 1. The van der Waals surface area contributed by atoms with Crippen molar-refractivity contribution >= 4 is 5.97 Å². The average molecular weight is 332 g/mol. The number of likely N-dealkylation sites (N-methyl/N-ethyl adjacent to an activating group) is 1. The molecule has 2 heterocycles. The zero-order valence-electron chi connectivity index (χ0n) is 15.3. The topological polar surface area (TPSA) is 29.5 Å². The number of nitrogens with zero attached hydrogens (tertiary/aromatic N) is 1. The molecule has 3 nitrogen and oxygen atoms in total. The lowest BCUT2D eigenvalue weighted by atomic mass is 9.58. The molecular weight excluding hydrogens is 298 g/mol. The quantitative estimate of drug-likeness (QED) is 0.565. The van der Waals surface area contributed by atoms with Gasteiger partial charge in [-0.25, -0.2) is 0 Å². The van der Waals surface area contributed by atoms with Crippen LogP contribution in [-0.2, 0) is 9.53 Å². The van der Waals surface area contributed by atoms with Gasteiger partial charge in [-0.1, -0.05) is 37.8 Å². The Balaban J connectivity index is 1.54. The van der Waals surface area contributed by atoms with Crippen LogP contribution in [0.3, 0.4) is 0 Å². The van der Waals surface area contributed by atoms with Crippen molar-refractivity contribution in [1.82, 2.24) is 4.90 Å². The second-order valence-electron chi connectivity index (χ2n) is 8.82. The van der Waals surface area contributed by atoms with Crippen LogP contribution >= 0.6 is 0 Å². The minimum Gasteiger partial charge on any atom is -0.465 e. The number of carbonyl (C=O) groups is 1. The number of hydrogen-bond acceptors (Lipinski definition) is 3. The van der Waals surface area contributed by atoms with Gasteiger partial charge in [0.15, 0.2) is 0 Å². The molecule has 2 saturated heterocycles. The fourth-order valence-electron chi connectivity index (χ4n) is 6.04. The van der Waals surface area contributed by atoms with E-state index < -0.39 is 0 Å². The molecule has 0 aromatic rings. The van der Waals surface area contributed by atoms with Crippen LogP contribution < -0.4 is 0 Å². The van der Waals surface area contributed by atoms with Crippen molar-refractivity contribution < 1.29 is 9.53 Å². The lowest BCUT2D eigenvalue weighted by Crippen LogP contribution is -2.43. The molecule has 7 atom stereocenters. The zero-order chi connectivity index (χ0) is 16.7. The fraction of sp³-hybridized carbons (Fsp3) is 0.857. The summed E-state index contributed by atoms with van der Waals surface area (Å²) >= 11 is 0. The molecule has 0 amide bonds. The number of piperidine rings is 1. The Morgan fingerprint density at radius 3 is 2.75 bits per heavy atom. The van der Waals surface area contributed by atoms with Crippen molar-refractivity contribution in [3.8, 4) is 0 Å². The van der Waals surface area contributed by atoms with Gasteiger partial charge in [0, 0.05) is 18.0 Å². The van der Waals surface area contributed by atoms with E-state index in [1.54, 1.807) is 0 Å². The highest BCUT2D eigenvalue weighted by atomic mass is 16.5. The number of rotatable bonds is 2. The van der Waals surface area contributed by atoms with Crippen molar-refractivity contribution in [1.29, 1.82) is 0 Å². The van der Waals surface area contributed by atoms with E-state index in [1.165, 1.54) is 44.9 Å². The van der Waals surface area contributed by atoms with Gasteiger partial charge in [-0.05, 0) is 57.4 Å². The Labute approximate surface area is 146 Å². The number of esters is 1. The molecule has 0 aromatic heterocycles. The summed E-state index contributed by atoms with van der Waals surface area (Å²) in [5.41, 5.74) is 0. The van der Waals surface area contributed by atoms with Crippen molar-refractivity contribution in [2.24, 2.45) is 29.6 Å². The monoisotopic (exact) mass is 331 g/mol. The molecule has 0 spiro atoms. The van der Waals surface area contributed by atoms with E-state index in [4.69, 9.17) is 4.74 Å². The van der Waals surface area contributed by atoms with E-state index in [2.05, 4.69) is 31.0 Å². The number of hydrogen-bond donors (Lipinski definition) is 0. The molecule has 4 rings (SSSR count). The molecule has 2 aliphatic heterocycles. The first-order valence-corrected chi connectivity index (χ1v) is 10.2. The van der Waals surface area contributed by atoms with E-state index in [0.717, 1.165) is 18.3 Å². The van der Waals surface area contributed by atoms with Gasteiger partial charge < -0.3 is 4.74 Å². The normalized spacial score (nSPS) is 46.6. The first-order chi connectivity index (χ1) is 11.6. The van der Waals surface area contributed by atoms with Crippen LogP contribution in [0.15, 0.2) is 12.2 Å². The lowest BCUT2D eigenvalue weighted by Gasteiger charge is -2.45. The highest BCUT2D eigenvalue weighted by molar-refractivity contribution is 5.75. The zero-order valence-corrected chi connectivity index (χ0v) is 15.3. The van der Waals surface area contributed by atoms with Crippen LogP contribution in [0.2, 0.25) is 0 Å². The van der Waals surface area contributed by atoms with Gasteiger partial charge >= 0.3 is 5.97 Å². The molecule has 4 aliphatic rings. The number of fused-ring (bicyclic) bond motifs is 2. The first-order valence-electron chi connectivity index (χ1n) is 10.2. The van der Waals surface area contributed by atoms with E-state index >= 15 is 0 Å². The molecule has 4 fully saturated rings. The number of cyclic esters (lactones) is 1. The Bertz CT molecular complexity index is 502. The second kappa shape index (κ2) is 6.82. The predicted molar refractivity (Wildman–Crippen MR) is 95.5 cm³/mol. The molecule has 24 heavy (non-hydrogen) atoms.